The monoisotopic (exact) mass is 257 g/mol. The molecule has 100 valence electrons. The van der Waals surface area contributed by atoms with Crippen molar-refractivity contribution in [2.75, 3.05) is 11.4 Å². The van der Waals surface area contributed by atoms with Gasteiger partial charge in [0.05, 0.1) is 18.8 Å². The molecule has 0 amide bonds. The molecule has 1 aliphatic rings. The zero-order valence-electron chi connectivity index (χ0n) is 11.6. The number of benzene rings is 1. The van der Waals surface area contributed by atoms with Gasteiger partial charge < -0.3 is 14.2 Å². The van der Waals surface area contributed by atoms with E-state index in [1.165, 1.54) is 11.3 Å². The smallest absolute Gasteiger partial charge is 0.143 e. The number of anilines is 1. The van der Waals surface area contributed by atoms with Crippen molar-refractivity contribution in [1.82, 2.24) is 9.55 Å². The zero-order chi connectivity index (χ0) is 13.4. The van der Waals surface area contributed by atoms with E-state index < -0.39 is 0 Å². The fourth-order valence-corrected chi connectivity index (χ4v) is 2.51. The van der Waals surface area contributed by atoms with Crippen LogP contribution in [0.5, 0.6) is 5.75 Å². The van der Waals surface area contributed by atoms with E-state index in [4.69, 9.17) is 4.74 Å². The summed E-state index contributed by atoms with van der Waals surface area (Å²) < 4.78 is 7.96. The first-order valence-corrected chi connectivity index (χ1v) is 6.62. The van der Waals surface area contributed by atoms with Gasteiger partial charge in [-0.05, 0) is 31.5 Å². The SMILES string of the molecule is Cc1ccc2c(c1)N(Cc1nccn1C)CC(C)O2. The number of imidazole rings is 1. The molecule has 1 aliphatic heterocycles. The Kier molecular flexibility index (Phi) is 2.93. The van der Waals surface area contributed by atoms with E-state index in [-0.39, 0.29) is 6.10 Å². The van der Waals surface area contributed by atoms with Gasteiger partial charge in [-0.2, -0.15) is 0 Å². The molecule has 4 nitrogen and oxygen atoms in total. The highest BCUT2D eigenvalue weighted by atomic mass is 16.5. The maximum absolute atomic E-state index is 5.90. The second kappa shape index (κ2) is 4.61. The molecule has 4 heteroatoms. The predicted molar refractivity (Wildman–Crippen MR) is 75.5 cm³/mol. The topological polar surface area (TPSA) is 30.3 Å². The minimum Gasteiger partial charge on any atom is -0.487 e. The van der Waals surface area contributed by atoms with Gasteiger partial charge in [-0.25, -0.2) is 4.98 Å². The summed E-state index contributed by atoms with van der Waals surface area (Å²) in [5.74, 6) is 2.04. The van der Waals surface area contributed by atoms with E-state index in [2.05, 4.69) is 46.5 Å². The Bertz CT molecular complexity index is 591. The first-order chi connectivity index (χ1) is 9.13. The van der Waals surface area contributed by atoms with Crippen molar-refractivity contribution in [3.8, 4) is 5.75 Å². The molecule has 1 atom stereocenters. The minimum absolute atomic E-state index is 0.204. The van der Waals surface area contributed by atoms with Gasteiger partial charge in [0.15, 0.2) is 0 Å². The number of aryl methyl sites for hydroxylation is 2. The lowest BCUT2D eigenvalue weighted by Crippen LogP contribution is -2.38. The van der Waals surface area contributed by atoms with Crippen LogP contribution in [-0.2, 0) is 13.6 Å². The molecule has 0 fully saturated rings. The molecule has 3 rings (SSSR count). The quantitative estimate of drug-likeness (QED) is 0.828. The standard InChI is InChI=1S/C15H19N3O/c1-11-4-5-14-13(8-11)18(9-12(2)19-14)10-15-16-6-7-17(15)3/h4-8,12H,9-10H2,1-3H3. The molecule has 0 aliphatic carbocycles. The number of fused-ring (bicyclic) bond motifs is 1. The maximum atomic E-state index is 5.90. The van der Waals surface area contributed by atoms with E-state index in [1.807, 2.05) is 19.4 Å². The molecule has 0 saturated heterocycles. The molecule has 0 N–H and O–H groups in total. The van der Waals surface area contributed by atoms with Crippen molar-refractivity contribution in [1.29, 1.82) is 0 Å². The molecule has 1 unspecified atom stereocenters. The lowest BCUT2D eigenvalue weighted by molar-refractivity contribution is 0.211. The third-order valence-electron chi connectivity index (χ3n) is 3.51. The number of nitrogens with zero attached hydrogens (tertiary/aromatic N) is 3. The lowest BCUT2D eigenvalue weighted by atomic mass is 10.1. The summed E-state index contributed by atoms with van der Waals surface area (Å²) in [5.41, 5.74) is 2.42. The van der Waals surface area contributed by atoms with E-state index >= 15 is 0 Å². The molecule has 1 aromatic carbocycles. The Morgan fingerprint density at radius 3 is 3.00 bits per heavy atom. The van der Waals surface area contributed by atoms with Crippen molar-refractivity contribution < 1.29 is 4.74 Å². The summed E-state index contributed by atoms with van der Waals surface area (Å²) in [5, 5.41) is 0. The molecule has 1 aromatic heterocycles. The summed E-state index contributed by atoms with van der Waals surface area (Å²) >= 11 is 0. The van der Waals surface area contributed by atoms with E-state index in [9.17, 15) is 0 Å². The highest BCUT2D eigenvalue weighted by Crippen LogP contribution is 2.34. The summed E-state index contributed by atoms with van der Waals surface area (Å²) in [6.45, 7) is 5.92. The molecule has 0 spiro atoms. The second-order valence-electron chi connectivity index (χ2n) is 5.23. The number of ether oxygens (including phenoxy) is 1. The largest absolute Gasteiger partial charge is 0.487 e. The molecular formula is C15H19N3O. The van der Waals surface area contributed by atoms with Crippen LogP contribution in [0, 0.1) is 6.92 Å². The van der Waals surface area contributed by atoms with E-state index in [1.54, 1.807) is 0 Å². The number of rotatable bonds is 2. The van der Waals surface area contributed by atoms with Gasteiger partial charge in [0.1, 0.15) is 17.7 Å². The average molecular weight is 257 g/mol. The van der Waals surface area contributed by atoms with Crippen LogP contribution in [0.15, 0.2) is 30.6 Å². The van der Waals surface area contributed by atoms with Crippen LogP contribution in [-0.4, -0.2) is 22.2 Å². The first kappa shape index (κ1) is 12.1. The van der Waals surface area contributed by atoms with Crippen LogP contribution < -0.4 is 9.64 Å². The van der Waals surface area contributed by atoms with Crippen LogP contribution in [0.25, 0.3) is 0 Å². The van der Waals surface area contributed by atoms with Crippen LogP contribution in [0.2, 0.25) is 0 Å². The highest BCUT2D eigenvalue weighted by Gasteiger charge is 2.23. The lowest BCUT2D eigenvalue weighted by Gasteiger charge is -2.35. The molecule has 0 saturated carbocycles. The predicted octanol–water partition coefficient (Wildman–Crippen LogP) is 2.52. The maximum Gasteiger partial charge on any atom is 0.143 e. The van der Waals surface area contributed by atoms with Crippen LogP contribution in [0.1, 0.15) is 18.3 Å². The number of aromatic nitrogens is 2. The fourth-order valence-electron chi connectivity index (χ4n) is 2.51. The second-order valence-corrected chi connectivity index (χ2v) is 5.23. The van der Waals surface area contributed by atoms with E-state index in [0.29, 0.717) is 0 Å². The van der Waals surface area contributed by atoms with Crippen molar-refractivity contribution in [3.63, 3.8) is 0 Å². The Morgan fingerprint density at radius 2 is 2.26 bits per heavy atom. The van der Waals surface area contributed by atoms with E-state index in [0.717, 1.165) is 24.7 Å². The minimum atomic E-state index is 0.204. The number of hydrogen-bond donors (Lipinski definition) is 0. The van der Waals surface area contributed by atoms with Crippen LogP contribution in [0.4, 0.5) is 5.69 Å². The van der Waals surface area contributed by atoms with Gasteiger partial charge in [0, 0.05) is 19.4 Å². The summed E-state index contributed by atoms with van der Waals surface area (Å²) in [6.07, 6.45) is 4.03. The molecule has 0 bridgehead atoms. The zero-order valence-corrected chi connectivity index (χ0v) is 11.6. The Balaban J connectivity index is 1.94. The van der Waals surface area contributed by atoms with Gasteiger partial charge in [0.25, 0.3) is 0 Å². The molecule has 2 heterocycles. The fraction of sp³-hybridized carbons (Fsp3) is 0.400. The van der Waals surface area contributed by atoms with Crippen molar-refractivity contribution in [2.24, 2.45) is 7.05 Å². The Labute approximate surface area is 113 Å². The first-order valence-electron chi connectivity index (χ1n) is 6.62. The van der Waals surface area contributed by atoms with Gasteiger partial charge >= 0.3 is 0 Å². The Morgan fingerprint density at radius 1 is 1.42 bits per heavy atom. The number of hydrogen-bond acceptors (Lipinski definition) is 3. The van der Waals surface area contributed by atoms with Gasteiger partial charge in [-0.3, -0.25) is 0 Å². The van der Waals surface area contributed by atoms with Crippen molar-refractivity contribution in [2.45, 2.75) is 26.5 Å². The van der Waals surface area contributed by atoms with Crippen LogP contribution in [0.3, 0.4) is 0 Å². The van der Waals surface area contributed by atoms with Crippen LogP contribution >= 0.6 is 0 Å². The molecular weight excluding hydrogens is 238 g/mol. The molecule has 2 aromatic rings. The van der Waals surface area contributed by atoms with Crippen molar-refractivity contribution in [3.05, 3.63) is 42.0 Å². The third-order valence-corrected chi connectivity index (χ3v) is 3.51. The summed E-state index contributed by atoms with van der Waals surface area (Å²) in [6, 6.07) is 6.34. The Hall–Kier alpha value is -1.97. The molecule has 19 heavy (non-hydrogen) atoms. The van der Waals surface area contributed by atoms with Gasteiger partial charge in [-0.15, -0.1) is 0 Å². The average Bonchev–Trinajstić information content (AvgIpc) is 2.76. The third kappa shape index (κ3) is 2.30. The van der Waals surface area contributed by atoms with Crippen molar-refractivity contribution >= 4 is 5.69 Å². The van der Waals surface area contributed by atoms with Gasteiger partial charge in [-0.1, -0.05) is 6.07 Å². The summed E-state index contributed by atoms with van der Waals surface area (Å²) in [4.78, 5) is 6.76. The normalized spacial score (nSPS) is 18.1. The van der Waals surface area contributed by atoms with Gasteiger partial charge in [0.2, 0.25) is 0 Å². The highest BCUT2D eigenvalue weighted by molar-refractivity contribution is 5.61. The summed E-state index contributed by atoms with van der Waals surface area (Å²) in [7, 11) is 2.03. The molecule has 0 radical (unpaired) electrons.